The zero-order valence-electron chi connectivity index (χ0n) is 15.9. The zero-order valence-corrected chi connectivity index (χ0v) is 16.7. The summed E-state index contributed by atoms with van der Waals surface area (Å²) in [6.07, 6.45) is 4.47. The Labute approximate surface area is 172 Å². The topological polar surface area (TPSA) is 54.4 Å². The van der Waals surface area contributed by atoms with Crippen molar-refractivity contribution in [1.29, 1.82) is 0 Å². The third-order valence-electron chi connectivity index (χ3n) is 5.18. The van der Waals surface area contributed by atoms with E-state index >= 15 is 0 Å². The van der Waals surface area contributed by atoms with Crippen LogP contribution >= 0.6 is 12.4 Å². The summed E-state index contributed by atoms with van der Waals surface area (Å²) in [5, 5.41) is 14.7. The number of benzene rings is 2. The monoisotopic (exact) mass is 398 g/mol. The molecule has 1 atom stereocenters. The second kappa shape index (κ2) is 9.87. The van der Waals surface area contributed by atoms with E-state index in [1.165, 1.54) is 25.7 Å². The van der Waals surface area contributed by atoms with Crippen molar-refractivity contribution in [3.8, 4) is 17.0 Å². The molecule has 1 saturated carbocycles. The highest BCUT2D eigenvalue weighted by atomic mass is 35.5. The summed E-state index contributed by atoms with van der Waals surface area (Å²) in [7, 11) is 0. The molecule has 5 heteroatoms. The van der Waals surface area contributed by atoms with E-state index in [1.54, 1.807) is 0 Å². The predicted molar refractivity (Wildman–Crippen MR) is 116 cm³/mol. The Balaban J connectivity index is 0.00000225. The van der Waals surface area contributed by atoms with Crippen molar-refractivity contribution in [2.75, 3.05) is 13.2 Å². The number of hydrogen-bond acceptors (Lipinski definition) is 4. The molecule has 0 saturated heterocycles. The van der Waals surface area contributed by atoms with Crippen molar-refractivity contribution in [2.45, 2.75) is 37.8 Å². The lowest BCUT2D eigenvalue weighted by Crippen LogP contribution is -2.36. The Bertz CT molecular complexity index is 882. The standard InChI is InChI=1S/C23H26N2O2.ClH/c26-19(15-24-18-10-4-5-11-18)16-27-23-14-22(17-8-2-1-3-9-17)25-21-13-7-6-12-20(21)23;/h1-3,6-9,12-14,18-19,24,26H,4-5,10-11,15-16H2;1H. The van der Waals surface area contributed by atoms with Gasteiger partial charge in [0.15, 0.2) is 0 Å². The molecule has 0 spiro atoms. The molecule has 3 aromatic rings. The van der Waals surface area contributed by atoms with Crippen molar-refractivity contribution in [1.82, 2.24) is 10.3 Å². The fraction of sp³-hybridized carbons (Fsp3) is 0.348. The number of halogens is 1. The number of rotatable bonds is 7. The molecule has 0 radical (unpaired) electrons. The Morgan fingerprint density at radius 3 is 2.54 bits per heavy atom. The van der Waals surface area contributed by atoms with Crippen molar-refractivity contribution >= 4 is 23.3 Å². The lowest BCUT2D eigenvalue weighted by molar-refractivity contribution is 0.104. The number of fused-ring (bicyclic) bond motifs is 1. The van der Waals surface area contributed by atoms with E-state index in [4.69, 9.17) is 9.72 Å². The molecule has 1 aromatic heterocycles. The Morgan fingerprint density at radius 1 is 1.04 bits per heavy atom. The van der Waals surface area contributed by atoms with Crippen molar-refractivity contribution in [3.05, 3.63) is 60.7 Å². The van der Waals surface area contributed by atoms with Crippen LogP contribution in [0.4, 0.5) is 0 Å². The van der Waals surface area contributed by atoms with Gasteiger partial charge in [-0.25, -0.2) is 4.98 Å². The van der Waals surface area contributed by atoms with Gasteiger partial charge in [-0.3, -0.25) is 0 Å². The molecule has 4 rings (SSSR count). The molecule has 0 aliphatic heterocycles. The number of nitrogens with zero attached hydrogens (tertiary/aromatic N) is 1. The Morgan fingerprint density at radius 2 is 1.75 bits per heavy atom. The van der Waals surface area contributed by atoms with E-state index in [9.17, 15) is 5.11 Å². The second-order valence-corrected chi connectivity index (χ2v) is 7.24. The molecule has 1 heterocycles. The average Bonchev–Trinajstić information content (AvgIpc) is 3.24. The number of nitrogens with one attached hydrogen (secondary N) is 1. The van der Waals surface area contributed by atoms with Crippen LogP contribution in [0.25, 0.3) is 22.2 Å². The van der Waals surface area contributed by atoms with Crippen LogP contribution < -0.4 is 10.1 Å². The van der Waals surface area contributed by atoms with E-state index in [0.717, 1.165) is 27.9 Å². The number of hydrogen-bond donors (Lipinski definition) is 2. The lowest BCUT2D eigenvalue weighted by atomic mass is 10.1. The molecular weight excluding hydrogens is 372 g/mol. The molecule has 0 bridgehead atoms. The molecule has 148 valence electrons. The van der Waals surface area contributed by atoms with E-state index < -0.39 is 6.10 Å². The van der Waals surface area contributed by atoms with Gasteiger partial charge in [-0.05, 0) is 25.0 Å². The molecule has 1 aliphatic carbocycles. The smallest absolute Gasteiger partial charge is 0.131 e. The van der Waals surface area contributed by atoms with Gasteiger partial charge in [0.05, 0.1) is 11.2 Å². The van der Waals surface area contributed by atoms with Gasteiger partial charge < -0.3 is 15.2 Å². The fourth-order valence-electron chi connectivity index (χ4n) is 3.70. The first-order valence-electron chi connectivity index (χ1n) is 9.79. The lowest BCUT2D eigenvalue weighted by Gasteiger charge is -2.18. The van der Waals surface area contributed by atoms with Crippen molar-refractivity contribution in [3.63, 3.8) is 0 Å². The zero-order chi connectivity index (χ0) is 18.5. The first-order chi connectivity index (χ1) is 13.3. The maximum absolute atomic E-state index is 10.3. The number of aromatic nitrogens is 1. The molecule has 4 nitrogen and oxygen atoms in total. The molecule has 28 heavy (non-hydrogen) atoms. The molecule has 1 unspecified atom stereocenters. The highest BCUT2D eigenvalue weighted by molar-refractivity contribution is 5.87. The van der Waals surface area contributed by atoms with Crippen molar-refractivity contribution < 1.29 is 9.84 Å². The third kappa shape index (κ3) is 5.02. The van der Waals surface area contributed by atoms with Crippen LogP contribution in [0.3, 0.4) is 0 Å². The van der Waals surface area contributed by atoms with Crippen LogP contribution in [0.15, 0.2) is 60.7 Å². The van der Waals surface area contributed by atoms with Crippen LogP contribution in [-0.2, 0) is 0 Å². The predicted octanol–water partition coefficient (Wildman–Crippen LogP) is 4.60. The number of pyridine rings is 1. The van der Waals surface area contributed by atoms with Gasteiger partial charge in [0.25, 0.3) is 0 Å². The van der Waals surface area contributed by atoms with Gasteiger partial charge in [-0.1, -0.05) is 55.3 Å². The van der Waals surface area contributed by atoms with Gasteiger partial charge >= 0.3 is 0 Å². The number of aliphatic hydroxyl groups is 1. The van der Waals surface area contributed by atoms with Crippen LogP contribution in [0.2, 0.25) is 0 Å². The van der Waals surface area contributed by atoms with E-state index in [-0.39, 0.29) is 19.0 Å². The number of aliphatic hydroxyl groups excluding tert-OH is 1. The summed E-state index contributed by atoms with van der Waals surface area (Å²) < 4.78 is 6.03. The molecular formula is C23H27ClN2O2. The molecule has 1 fully saturated rings. The van der Waals surface area contributed by atoms with Crippen LogP contribution in [0.5, 0.6) is 5.75 Å². The summed E-state index contributed by atoms with van der Waals surface area (Å²) in [5.74, 6) is 0.763. The SMILES string of the molecule is Cl.OC(CNC1CCCC1)COc1cc(-c2ccccc2)nc2ccccc12. The van der Waals surface area contributed by atoms with E-state index in [0.29, 0.717) is 12.6 Å². The highest BCUT2D eigenvalue weighted by Gasteiger charge is 2.16. The van der Waals surface area contributed by atoms with Crippen molar-refractivity contribution in [2.24, 2.45) is 0 Å². The Hall–Kier alpha value is -2.14. The molecule has 0 amide bonds. The summed E-state index contributed by atoms with van der Waals surface area (Å²) >= 11 is 0. The Kier molecular flexibility index (Phi) is 7.26. The van der Waals surface area contributed by atoms with Crippen LogP contribution in [0, 0.1) is 0 Å². The first-order valence-corrected chi connectivity index (χ1v) is 9.79. The third-order valence-corrected chi connectivity index (χ3v) is 5.18. The maximum Gasteiger partial charge on any atom is 0.131 e. The quantitative estimate of drug-likeness (QED) is 0.610. The largest absolute Gasteiger partial charge is 0.490 e. The van der Waals surface area contributed by atoms with E-state index in [1.807, 2.05) is 60.7 Å². The summed E-state index contributed by atoms with van der Waals surface area (Å²) in [5.41, 5.74) is 2.83. The van der Waals surface area contributed by atoms with Crippen LogP contribution in [0.1, 0.15) is 25.7 Å². The maximum atomic E-state index is 10.3. The van der Waals surface area contributed by atoms with Gasteiger partial charge in [0.1, 0.15) is 18.5 Å². The number of ether oxygens (including phenoxy) is 1. The van der Waals surface area contributed by atoms with E-state index in [2.05, 4.69) is 5.32 Å². The summed E-state index contributed by atoms with van der Waals surface area (Å²) in [4.78, 5) is 4.77. The normalized spacial score (nSPS) is 15.3. The summed E-state index contributed by atoms with van der Waals surface area (Å²) in [6, 6.07) is 20.6. The minimum absolute atomic E-state index is 0. The fourth-order valence-corrected chi connectivity index (χ4v) is 3.70. The first kappa shape index (κ1) is 20.6. The van der Waals surface area contributed by atoms with Crippen LogP contribution in [-0.4, -0.2) is 35.4 Å². The minimum Gasteiger partial charge on any atom is -0.490 e. The second-order valence-electron chi connectivity index (χ2n) is 7.24. The highest BCUT2D eigenvalue weighted by Crippen LogP contribution is 2.30. The molecule has 2 aromatic carbocycles. The molecule has 2 N–H and O–H groups in total. The van der Waals surface area contributed by atoms with Gasteiger partial charge in [-0.2, -0.15) is 0 Å². The van der Waals surface area contributed by atoms with Gasteiger partial charge in [0.2, 0.25) is 0 Å². The number of para-hydroxylation sites is 1. The van der Waals surface area contributed by atoms with Gasteiger partial charge in [-0.15, -0.1) is 12.4 Å². The summed E-state index contributed by atoms with van der Waals surface area (Å²) in [6.45, 7) is 0.835. The molecule has 1 aliphatic rings. The van der Waals surface area contributed by atoms with Gasteiger partial charge in [0, 0.05) is 29.6 Å². The average molecular weight is 399 g/mol. The minimum atomic E-state index is -0.530.